The Balaban J connectivity index is 2.33. The second-order valence-corrected chi connectivity index (χ2v) is 7.47. The molecule has 0 bridgehead atoms. The predicted octanol–water partition coefficient (Wildman–Crippen LogP) is 4.95. The summed E-state index contributed by atoms with van der Waals surface area (Å²) >= 11 is 0. The number of carboxylic acids is 1. The second kappa shape index (κ2) is 13.3. The van der Waals surface area contributed by atoms with Crippen LogP contribution in [0.25, 0.3) is 0 Å². The summed E-state index contributed by atoms with van der Waals surface area (Å²) in [6.45, 7) is 2.21. The van der Waals surface area contributed by atoms with Crippen LogP contribution in [0.2, 0.25) is 0 Å². The maximum atomic E-state index is 10.5. The molecule has 1 rings (SSSR count). The molecule has 2 N–H and O–H groups in total. The molecule has 0 aliphatic heterocycles. The van der Waals surface area contributed by atoms with E-state index in [1.807, 2.05) is 0 Å². The van der Waals surface area contributed by atoms with Gasteiger partial charge in [-0.3, -0.25) is 4.79 Å². The summed E-state index contributed by atoms with van der Waals surface area (Å²) < 4.78 is 5.57. The Bertz CT molecular complexity index is 380. The summed E-state index contributed by atoms with van der Waals surface area (Å²) in [6.07, 6.45) is 16.4. The molecule has 0 amide bonds. The van der Waals surface area contributed by atoms with Gasteiger partial charge in [0, 0.05) is 13.5 Å². The van der Waals surface area contributed by atoms with E-state index in [0.29, 0.717) is 11.8 Å². The predicted molar refractivity (Wildman–Crippen MR) is 102 cm³/mol. The highest BCUT2D eigenvalue weighted by molar-refractivity contribution is 5.66. The third kappa shape index (κ3) is 9.41. The molecule has 1 saturated carbocycles. The molecule has 0 aromatic carbocycles. The van der Waals surface area contributed by atoms with Crippen LogP contribution >= 0.6 is 0 Å². The lowest BCUT2D eigenvalue weighted by molar-refractivity contribution is -0.137. The van der Waals surface area contributed by atoms with Gasteiger partial charge in [0.15, 0.2) is 0 Å². The van der Waals surface area contributed by atoms with Gasteiger partial charge >= 0.3 is 5.97 Å². The molecule has 25 heavy (non-hydrogen) atoms. The van der Waals surface area contributed by atoms with Gasteiger partial charge in [0.2, 0.25) is 0 Å². The standard InChI is InChI=1S/C21H38O4/c1-3-4-7-10-18(25-2)15-13-17-14-16-20(22)19(17)11-8-5-6-9-12-21(23)24/h13,15,17-20,22H,3-12,14,16H2,1-2H3,(H,23,24)/t17-,18?,19+,20-/m0/s1. The fourth-order valence-electron chi connectivity index (χ4n) is 3.89. The number of aliphatic hydroxyl groups excluding tert-OH is 1. The number of rotatable bonds is 14. The molecule has 0 aromatic heterocycles. The molecular formula is C21H38O4. The topological polar surface area (TPSA) is 66.8 Å². The Morgan fingerprint density at radius 3 is 2.60 bits per heavy atom. The Kier molecular flexibility index (Phi) is 11.8. The van der Waals surface area contributed by atoms with E-state index in [-0.39, 0.29) is 18.6 Å². The van der Waals surface area contributed by atoms with Gasteiger partial charge in [-0.2, -0.15) is 0 Å². The third-order valence-corrected chi connectivity index (χ3v) is 5.49. The van der Waals surface area contributed by atoms with Crippen LogP contribution in [0, 0.1) is 11.8 Å². The third-order valence-electron chi connectivity index (χ3n) is 5.49. The molecule has 0 saturated heterocycles. The molecule has 4 heteroatoms. The number of carbonyl (C=O) groups is 1. The molecule has 4 nitrogen and oxygen atoms in total. The minimum Gasteiger partial charge on any atom is -0.481 e. The highest BCUT2D eigenvalue weighted by Gasteiger charge is 2.32. The number of allylic oxidation sites excluding steroid dienone is 1. The van der Waals surface area contributed by atoms with Crippen LogP contribution in [0.4, 0.5) is 0 Å². The lowest BCUT2D eigenvalue weighted by Gasteiger charge is -2.20. The van der Waals surface area contributed by atoms with Crippen molar-refractivity contribution in [1.29, 1.82) is 0 Å². The Morgan fingerprint density at radius 2 is 1.92 bits per heavy atom. The Hall–Kier alpha value is -0.870. The maximum absolute atomic E-state index is 10.5. The van der Waals surface area contributed by atoms with Crippen LogP contribution in [0.15, 0.2) is 12.2 Å². The van der Waals surface area contributed by atoms with E-state index in [2.05, 4.69) is 19.1 Å². The van der Waals surface area contributed by atoms with Gasteiger partial charge < -0.3 is 14.9 Å². The van der Waals surface area contributed by atoms with Crippen LogP contribution in [0.5, 0.6) is 0 Å². The number of aliphatic carboxylic acids is 1. The van der Waals surface area contributed by atoms with Crippen LogP contribution in [0.3, 0.4) is 0 Å². The smallest absolute Gasteiger partial charge is 0.303 e. The zero-order chi connectivity index (χ0) is 18.5. The first kappa shape index (κ1) is 22.2. The zero-order valence-electron chi connectivity index (χ0n) is 16.2. The van der Waals surface area contributed by atoms with Gasteiger partial charge in [-0.15, -0.1) is 0 Å². The van der Waals surface area contributed by atoms with Crippen LogP contribution in [0.1, 0.15) is 84.0 Å². The van der Waals surface area contributed by atoms with Crippen molar-refractivity contribution in [3.8, 4) is 0 Å². The van der Waals surface area contributed by atoms with Crippen LogP contribution < -0.4 is 0 Å². The van der Waals surface area contributed by atoms with E-state index in [0.717, 1.165) is 51.4 Å². The first-order valence-corrected chi connectivity index (χ1v) is 10.2. The number of methoxy groups -OCH3 is 1. The molecule has 0 spiro atoms. The Morgan fingerprint density at radius 1 is 1.16 bits per heavy atom. The lowest BCUT2D eigenvalue weighted by atomic mass is 9.88. The van der Waals surface area contributed by atoms with Gasteiger partial charge in [-0.25, -0.2) is 0 Å². The molecule has 1 unspecified atom stereocenters. The van der Waals surface area contributed by atoms with Crippen molar-refractivity contribution >= 4 is 5.97 Å². The van der Waals surface area contributed by atoms with Gasteiger partial charge in [0.1, 0.15) is 0 Å². The van der Waals surface area contributed by atoms with Crippen molar-refractivity contribution in [3.63, 3.8) is 0 Å². The van der Waals surface area contributed by atoms with Crippen molar-refractivity contribution in [2.45, 2.75) is 96.2 Å². The summed E-state index contributed by atoms with van der Waals surface area (Å²) in [5.41, 5.74) is 0. The second-order valence-electron chi connectivity index (χ2n) is 7.47. The molecule has 146 valence electrons. The summed E-state index contributed by atoms with van der Waals surface area (Å²) in [5, 5.41) is 18.9. The summed E-state index contributed by atoms with van der Waals surface area (Å²) in [6, 6.07) is 0. The van der Waals surface area contributed by atoms with E-state index >= 15 is 0 Å². The normalized spacial score (nSPS) is 24.8. The number of ether oxygens (including phenoxy) is 1. The molecule has 0 aromatic rings. The molecule has 1 aliphatic rings. The van der Waals surface area contributed by atoms with Crippen molar-refractivity contribution in [2.24, 2.45) is 11.8 Å². The lowest BCUT2D eigenvalue weighted by Crippen LogP contribution is -2.18. The van der Waals surface area contributed by atoms with Crippen LogP contribution in [-0.4, -0.2) is 35.5 Å². The molecular weight excluding hydrogens is 316 g/mol. The van der Waals surface area contributed by atoms with Crippen molar-refractivity contribution in [2.75, 3.05) is 7.11 Å². The van der Waals surface area contributed by atoms with E-state index in [1.54, 1.807) is 7.11 Å². The summed E-state index contributed by atoms with van der Waals surface area (Å²) in [7, 11) is 1.78. The van der Waals surface area contributed by atoms with E-state index < -0.39 is 5.97 Å². The molecule has 0 radical (unpaired) electrons. The summed E-state index contributed by atoms with van der Waals surface area (Å²) in [5.74, 6) is 0.102. The SMILES string of the molecule is CCCCCC(C=C[C@H]1CC[C@H](O)[C@@H]1CCCCCCC(=O)O)OC. The van der Waals surface area contributed by atoms with Gasteiger partial charge in [-0.05, 0) is 43.9 Å². The van der Waals surface area contributed by atoms with E-state index in [4.69, 9.17) is 9.84 Å². The minimum atomic E-state index is -0.706. The zero-order valence-corrected chi connectivity index (χ0v) is 16.2. The molecule has 1 aliphatic carbocycles. The first-order chi connectivity index (χ1) is 12.1. The average molecular weight is 355 g/mol. The monoisotopic (exact) mass is 354 g/mol. The number of hydrogen-bond donors (Lipinski definition) is 2. The van der Waals surface area contributed by atoms with E-state index in [9.17, 15) is 9.90 Å². The highest BCUT2D eigenvalue weighted by Crippen LogP contribution is 2.37. The van der Waals surface area contributed by atoms with Crippen LogP contribution in [-0.2, 0) is 9.53 Å². The first-order valence-electron chi connectivity index (χ1n) is 10.2. The fourth-order valence-corrected chi connectivity index (χ4v) is 3.89. The summed E-state index contributed by atoms with van der Waals surface area (Å²) in [4.78, 5) is 10.5. The van der Waals surface area contributed by atoms with Gasteiger partial charge in [0.25, 0.3) is 0 Å². The van der Waals surface area contributed by atoms with Gasteiger partial charge in [0.05, 0.1) is 12.2 Å². The van der Waals surface area contributed by atoms with Crippen molar-refractivity contribution < 1.29 is 19.7 Å². The number of aliphatic hydroxyl groups is 1. The highest BCUT2D eigenvalue weighted by atomic mass is 16.5. The molecule has 1 fully saturated rings. The number of unbranched alkanes of at least 4 members (excludes halogenated alkanes) is 5. The quantitative estimate of drug-likeness (QED) is 0.342. The minimum absolute atomic E-state index is 0.185. The Labute approximate surface area is 153 Å². The average Bonchev–Trinajstić information content (AvgIpc) is 2.94. The molecule has 4 atom stereocenters. The van der Waals surface area contributed by atoms with Crippen molar-refractivity contribution in [1.82, 2.24) is 0 Å². The van der Waals surface area contributed by atoms with Crippen molar-refractivity contribution in [3.05, 3.63) is 12.2 Å². The fraction of sp³-hybridized carbons (Fsp3) is 0.857. The van der Waals surface area contributed by atoms with Gasteiger partial charge in [-0.1, -0.05) is 57.6 Å². The maximum Gasteiger partial charge on any atom is 0.303 e. The van der Waals surface area contributed by atoms with E-state index in [1.165, 1.54) is 19.3 Å². The number of carboxylic acid groups (broad SMARTS) is 1. The largest absolute Gasteiger partial charge is 0.481 e. The molecule has 0 heterocycles. The number of hydrogen-bond acceptors (Lipinski definition) is 3.